The number of nitrogens with zero attached hydrogens (tertiary/aromatic N) is 3. The van der Waals surface area contributed by atoms with E-state index in [-0.39, 0.29) is 5.91 Å². The number of carbonyl (C=O) groups excluding carboxylic acids is 1. The number of hydrogen-bond donors (Lipinski definition) is 2. The van der Waals surface area contributed by atoms with Gasteiger partial charge in [-0.25, -0.2) is 0 Å². The number of nitrogens with one attached hydrogen (secondary N) is 1. The van der Waals surface area contributed by atoms with Gasteiger partial charge < -0.3 is 15.6 Å². The molecule has 1 amide bonds. The van der Waals surface area contributed by atoms with E-state index in [1.54, 1.807) is 10.9 Å². The number of rotatable bonds is 5. The van der Waals surface area contributed by atoms with Crippen LogP contribution in [0.1, 0.15) is 17.8 Å². The molecule has 2 rings (SSSR count). The minimum absolute atomic E-state index is 0.000162. The molecule has 0 bridgehead atoms. The van der Waals surface area contributed by atoms with Crippen molar-refractivity contribution in [2.24, 2.45) is 7.05 Å². The maximum absolute atomic E-state index is 11.7. The normalized spacial score (nSPS) is 10.4. The van der Waals surface area contributed by atoms with Gasteiger partial charge in [0.1, 0.15) is 6.33 Å². The number of carbonyl (C=O) groups is 1. The number of amides is 1. The molecule has 6 nitrogen and oxygen atoms in total. The van der Waals surface area contributed by atoms with Crippen molar-refractivity contribution in [1.29, 1.82) is 0 Å². The molecule has 19 heavy (non-hydrogen) atoms. The van der Waals surface area contributed by atoms with E-state index in [0.717, 1.165) is 17.1 Å². The first-order valence-corrected chi connectivity index (χ1v) is 6.09. The Balaban J connectivity index is 1.76. The van der Waals surface area contributed by atoms with Gasteiger partial charge in [-0.3, -0.25) is 4.79 Å². The molecule has 6 heteroatoms. The summed E-state index contributed by atoms with van der Waals surface area (Å²) in [5.41, 5.74) is 7.44. The molecule has 1 aromatic heterocycles. The Kier molecular flexibility index (Phi) is 4.12. The predicted molar refractivity (Wildman–Crippen MR) is 72.0 cm³/mol. The molecule has 100 valence electrons. The van der Waals surface area contributed by atoms with E-state index in [2.05, 4.69) is 15.5 Å². The Morgan fingerprint density at radius 3 is 2.74 bits per heavy atom. The average Bonchev–Trinajstić information content (AvgIpc) is 2.81. The first kappa shape index (κ1) is 13.1. The number of aromatic nitrogens is 3. The van der Waals surface area contributed by atoms with Crippen molar-refractivity contribution in [2.45, 2.75) is 19.4 Å². The fourth-order valence-electron chi connectivity index (χ4n) is 1.68. The van der Waals surface area contributed by atoms with Crippen LogP contribution in [0, 0.1) is 0 Å². The monoisotopic (exact) mass is 259 g/mol. The van der Waals surface area contributed by atoms with Crippen LogP contribution in [0.25, 0.3) is 0 Å². The standard InChI is InChI=1S/C13H17N5O/c1-18-9-16-17-12(18)8-15-13(19)7-4-10-2-5-11(14)6-3-10/h2-3,5-6,9H,4,7-8,14H2,1H3,(H,15,19). The smallest absolute Gasteiger partial charge is 0.220 e. The van der Waals surface area contributed by atoms with Gasteiger partial charge in [0.05, 0.1) is 6.54 Å². The van der Waals surface area contributed by atoms with Gasteiger partial charge in [0, 0.05) is 19.2 Å². The highest BCUT2D eigenvalue weighted by molar-refractivity contribution is 5.76. The first-order chi connectivity index (χ1) is 9.15. The van der Waals surface area contributed by atoms with Gasteiger partial charge in [-0.2, -0.15) is 0 Å². The quantitative estimate of drug-likeness (QED) is 0.772. The summed E-state index contributed by atoms with van der Waals surface area (Å²) >= 11 is 0. The molecule has 0 saturated heterocycles. The molecule has 1 aromatic carbocycles. The van der Waals surface area contributed by atoms with E-state index in [9.17, 15) is 4.79 Å². The number of anilines is 1. The van der Waals surface area contributed by atoms with Crippen LogP contribution in [-0.2, 0) is 24.8 Å². The number of benzene rings is 1. The van der Waals surface area contributed by atoms with E-state index in [4.69, 9.17) is 5.73 Å². The molecular weight excluding hydrogens is 242 g/mol. The SMILES string of the molecule is Cn1cnnc1CNC(=O)CCc1ccc(N)cc1. The molecule has 3 N–H and O–H groups in total. The van der Waals surface area contributed by atoms with E-state index >= 15 is 0 Å². The summed E-state index contributed by atoms with van der Waals surface area (Å²) in [7, 11) is 1.84. The van der Waals surface area contributed by atoms with Crippen LogP contribution >= 0.6 is 0 Å². The fourth-order valence-corrected chi connectivity index (χ4v) is 1.68. The molecular formula is C13H17N5O. The second-order valence-corrected chi connectivity index (χ2v) is 4.38. The van der Waals surface area contributed by atoms with Crippen molar-refractivity contribution < 1.29 is 4.79 Å². The van der Waals surface area contributed by atoms with Gasteiger partial charge in [-0.05, 0) is 24.1 Å². The summed E-state index contributed by atoms with van der Waals surface area (Å²) in [6, 6.07) is 7.55. The van der Waals surface area contributed by atoms with Crippen molar-refractivity contribution in [2.75, 3.05) is 5.73 Å². The van der Waals surface area contributed by atoms with E-state index in [1.807, 2.05) is 31.3 Å². The Bertz CT molecular complexity index is 546. The van der Waals surface area contributed by atoms with E-state index in [1.165, 1.54) is 0 Å². The third-order valence-electron chi connectivity index (χ3n) is 2.87. The van der Waals surface area contributed by atoms with Gasteiger partial charge >= 0.3 is 0 Å². The van der Waals surface area contributed by atoms with E-state index < -0.39 is 0 Å². The highest BCUT2D eigenvalue weighted by Crippen LogP contribution is 2.07. The largest absolute Gasteiger partial charge is 0.399 e. The number of aryl methyl sites for hydroxylation is 2. The lowest BCUT2D eigenvalue weighted by Crippen LogP contribution is -2.24. The maximum atomic E-state index is 11.7. The molecule has 1 heterocycles. The van der Waals surface area contributed by atoms with Gasteiger partial charge in [0.15, 0.2) is 5.82 Å². The molecule has 2 aromatic rings. The lowest BCUT2D eigenvalue weighted by molar-refractivity contribution is -0.121. The zero-order valence-electron chi connectivity index (χ0n) is 10.8. The van der Waals surface area contributed by atoms with Crippen LogP contribution in [0.4, 0.5) is 5.69 Å². The molecule has 0 fully saturated rings. The van der Waals surface area contributed by atoms with Crippen LogP contribution in [0.15, 0.2) is 30.6 Å². The third kappa shape index (κ3) is 3.80. The van der Waals surface area contributed by atoms with Crippen molar-refractivity contribution >= 4 is 11.6 Å². The lowest BCUT2D eigenvalue weighted by atomic mass is 10.1. The second kappa shape index (κ2) is 5.99. The van der Waals surface area contributed by atoms with Gasteiger partial charge in [0.25, 0.3) is 0 Å². The predicted octanol–water partition coefficient (Wildman–Crippen LogP) is 0.646. The van der Waals surface area contributed by atoms with Crippen LogP contribution in [0.2, 0.25) is 0 Å². The minimum Gasteiger partial charge on any atom is -0.399 e. The van der Waals surface area contributed by atoms with Crippen molar-refractivity contribution in [1.82, 2.24) is 20.1 Å². The average molecular weight is 259 g/mol. The Hall–Kier alpha value is -2.37. The van der Waals surface area contributed by atoms with Gasteiger partial charge in [-0.1, -0.05) is 12.1 Å². The lowest BCUT2D eigenvalue weighted by Gasteiger charge is -2.05. The van der Waals surface area contributed by atoms with Crippen molar-refractivity contribution in [3.63, 3.8) is 0 Å². The molecule has 0 aliphatic carbocycles. The summed E-state index contributed by atoms with van der Waals surface area (Å²) in [5.74, 6) is 0.737. The summed E-state index contributed by atoms with van der Waals surface area (Å²) in [5, 5.41) is 10.5. The van der Waals surface area contributed by atoms with Gasteiger partial charge in [0.2, 0.25) is 5.91 Å². The molecule has 0 spiro atoms. The maximum Gasteiger partial charge on any atom is 0.220 e. The fraction of sp³-hybridized carbons (Fsp3) is 0.308. The summed E-state index contributed by atoms with van der Waals surface area (Å²) in [6.07, 6.45) is 2.75. The summed E-state index contributed by atoms with van der Waals surface area (Å²) < 4.78 is 1.78. The Morgan fingerprint density at radius 1 is 1.37 bits per heavy atom. The van der Waals surface area contributed by atoms with Crippen LogP contribution in [-0.4, -0.2) is 20.7 Å². The molecule has 0 aliphatic heterocycles. The molecule has 0 atom stereocenters. The molecule has 0 saturated carbocycles. The Labute approximate surface area is 111 Å². The molecule has 0 unspecified atom stereocenters. The van der Waals surface area contributed by atoms with Crippen LogP contribution in [0.3, 0.4) is 0 Å². The number of nitrogens with two attached hydrogens (primary N) is 1. The second-order valence-electron chi connectivity index (χ2n) is 4.38. The number of nitrogen functional groups attached to an aromatic ring is 1. The third-order valence-corrected chi connectivity index (χ3v) is 2.87. The molecule has 0 aliphatic rings. The zero-order chi connectivity index (χ0) is 13.7. The topological polar surface area (TPSA) is 85.8 Å². The zero-order valence-corrected chi connectivity index (χ0v) is 10.8. The first-order valence-electron chi connectivity index (χ1n) is 6.09. The van der Waals surface area contributed by atoms with Crippen LogP contribution < -0.4 is 11.1 Å². The summed E-state index contributed by atoms with van der Waals surface area (Å²) in [6.45, 7) is 0.400. The summed E-state index contributed by atoms with van der Waals surface area (Å²) in [4.78, 5) is 11.7. The highest BCUT2D eigenvalue weighted by Gasteiger charge is 2.05. The minimum atomic E-state index is -0.000162. The van der Waals surface area contributed by atoms with Crippen molar-refractivity contribution in [3.05, 3.63) is 42.0 Å². The molecule has 0 radical (unpaired) electrons. The van der Waals surface area contributed by atoms with Crippen molar-refractivity contribution in [3.8, 4) is 0 Å². The Morgan fingerprint density at radius 2 is 2.11 bits per heavy atom. The van der Waals surface area contributed by atoms with Gasteiger partial charge in [-0.15, -0.1) is 10.2 Å². The van der Waals surface area contributed by atoms with E-state index in [0.29, 0.717) is 19.4 Å². The highest BCUT2D eigenvalue weighted by atomic mass is 16.1. The number of hydrogen-bond acceptors (Lipinski definition) is 4. The van der Waals surface area contributed by atoms with Crippen LogP contribution in [0.5, 0.6) is 0 Å².